The van der Waals surface area contributed by atoms with Gasteiger partial charge in [-0.05, 0) is 41.4 Å². The van der Waals surface area contributed by atoms with Crippen molar-refractivity contribution in [2.75, 3.05) is 27.4 Å². The molecule has 3 aromatic rings. The molecule has 0 unspecified atom stereocenters. The predicted molar refractivity (Wildman–Crippen MR) is 202 cm³/mol. The van der Waals surface area contributed by atoms with E-state index >= 15 is 0 Å². The number of carbonyl (C=O) groups is 1. The molecule has 0 bridgehead atoms. The molecule has 2 N–H and O–H groups in total. The monoisotopic (exact) mass is 768 g/mol. The Kier molecular flexibility index (Phi) is 15.0. The minimum atomic E-state index is -2.29. The highest BCUT2D eigenvalue weighted by Crippen LogP contribution is 2.38. The summed E-state index contributed by atoms with van der Waals surface area (Å²) in [4.78, 5) is 13.5. The summed E-state index contributed by atoms with van der Waals surface area (Å²) < 4.78 is 56.2. The number of methoxy groups -OCH3 is 2. The number of aliphatic hydroxyl groups excluding tert-OH is 2. The Hall–Kier alpha value is -3.05. The molecule has 0 saturated carbocycles. The van der Waals surface area contributed by atoms with Crippen LogP contribution in [0.3, 0.4) is 0 Å². The first kappa shape index (κ1) is 42.1. The average molecular weight is 769 g/mol. The second-order valence-electron chi connectivity index (χ2n) is 15.2. The van der Waals surface area contributed by atoms with Gasteiger partial charge >= 0.3 is 5.97 Å². The molecule has 12 nitrogen and oxygen atoms in total. The van der Waals surface area contributed by atoms with Gasteiger partial charge in [0.15, 0.2) is 27.0 Å². The molecule has 13 heteroatoms. The normalized spacial score (nSPS) is 29.1. The molecule has 2 saturated heterocycles. The highest BCUT2D eigenvalue weighted by Gasteiger charge is 2.54. The third-order valence-corrected chi connectivity index (χ3v) is 14.9. The van der Waals surface area contributed by atoms with Gasteiger partial charge in [0.05, 0.1) is 32.0 Å². The Morgan fingerprint density at radius 3 is 1.85 bits per heavy atom. The lowest BCUT2D eigenvalue weighted by molar-refractivity contribution is -0.362. The standard InChI is InChI=1S/C41H56O12Si/c1-41(2,3)54(6,7)49-26-30-32(42)34(45-4)37(52-38(43)29-21-15-10-16-22-29)40(51-30)53-33-31(25-47-23-27-17-11-8-12-18-27)50-39(44)36(35(33)46-5)48-24-28-19-13-9-14-20-28/h8-22,30-37,39-40,42,44H,23-26H2,1-7H3/t30-,31+,32+,33+,34-,35-,36+,37+,39-,40-/m0/s1. The summed E-state index contributed by atoms with van der Waals surface area (Å²) in [6.07, 6.45) is -11.0. The van der Waals surface area contributed by atoms with Crippen LogP contribution in [0.1, 0.15) is 42.3 Å². The number of esters is 1. The first-order valence-corrected chi connectivity index (χ1v) is 21.3. The van der Waals surface area contributed by atoms with Gasteiger partial charge in [-0.2, -0.15) is 0 Å². The van der Waals surface area contributed by atoms with Gasteiger partial charge in [-0.3, -0.25) is 0 Å². The number of hydrogen-bond donors (Lipinski definition) is 2. The molecule has 0 radical (unpaired) electrons. The lowest BCUT2D eigenvalue weighted by Crippen LogP contribution is -2.66. The van der Waals surface area contributed by atoms with Crippen molar-refractivity contribution in [1.29, 1.82) is 0 Å². The van der Waals surface area contributed by atoms with Crippen LogP contribution < -0.4 is 0 Å². The molecule has 3 aromatic carbocycles. The molecular weight excluding hydrogens is 713 g/mol. The SMILES string of the molecule is CO[C@@H]1[C@@H](OCc2ccccc2)[C@@H](O)O[C@H](COCc2ccccc2)[C@H]1O[C@@H]1O[C@@H](CO[Si](C)(C)C(C)(C)C)[C@@H](O)[C@H](OC)[C@H]1OC(=O)c1ccccc1. The Balaban J connectivity index is 1.46. The van der Waals surface area contributed by atoms with E-state index in [-0.39, 0.29) is 31.5 Å². The topological polar surface area (TPSA) is 141 Å². The number of benzene rings is 3. The number of ether oxygens (including phenoxy) is 8. The Labute approximate surface area is 319 Å². The molecule has 0 amide bonds. The summed E-state index contributed by atoms with van der Waals surface area (Å²) in [7, 11) is 0.634. The van der Waals surface area contributed by atoms with Crippen molar-refractivity contribution in [3.05, 3.63) is 108 Å². The minimum Gasteiger partial charge on any atom is -0.450 e. The summed E-state index contributed by atoms with van der Waals surface area (Å²) in [5, 5.41) is 22.9. The minimum absolute atomic E-state index is 0.00266. The molecule has 0 spiro atoms. The molecule has 0 aromatic heterocycles. The van der Waals surface area contributed by atoms with Crippen molar-refractivity contribution in [1.82, 2.24) is 0 Å². The second-order valence-corrected chi connectivity index (χ2v) is 20.0. The van der Waals surface area contributed by atoms with Crippen LogP contribution in [0.2, 0.25) is 18.1 Å². The van der Waals surface area contributed by atoms with Gasteiger partial charge in [-0.25, -0.2) is 4.79 Å². The van der Waals surface area contributed by atoms with E-state index in [1.165, 1.54) is 14.2 Å². The van der Waals surface area contributed by atoms with Gasteiger partial charge in [0.25, 0.3) is 0 Å². The van der Waals surface area contributed by atoms with Crippen LogP contribution in [-0.4, -0.2) is 113 Å². The van der Waals surface area contributed by atoms with Crippen LogP contribution in [0.15, 0.2) is 91.0 Å². The van der Waals surface area contributed by atoms with Crippen LogP contribution in [0.5, 0.6) is 0 Å². The van der Waals surface area contributed by atoms with Crippen molar-refractivity contribution in [2.45, 2.75) is 114 Å². The van der Waals surface area contributed by atoms with Crippen LogP contribution in [0.25, 0.3) is 0 Å². The Morgan fingerprint density at radius 1 is 0.704 bits per heavy atom. The van der Waals surface area contributed by atoms with Crippen molar-refractivity contribution in [3.63, 3.8) is 0 Å². The van der Waals surface area contributed by atoms with Gasteiger partial charge < -0.3 is 52.5 Å². The highest BCUT2D eigenvalue weighted by atomic mass is 28.4. The molecule has 2 aliphatic rings. The van der Waals surface area contributed by atoms with E-state index in [1.54, 1.807) is 30.3 Å². The van der Waals surface area contributed by atoms with Crippen molar-refractivity contribution >= 4 is 14.3 Å². The Morgan fingerprint density at radius 2 is 1.28 bits per heavy atom. The van der Waals surface area contributed by atoms with Crippen LogP contribution in [-0.2, 0) is 55.5 Å². The quantitative estimate of drug-likeness (QED) is 0.145. The molecule has 2 fully saturated rings. The van der Waals surface area contributed by atoms with E-state index in [1.807, 2.05) is 60.7 Å². The van der Waals surface area contributed by atoms with E-state index in [9.17, 15) is 15.0 Å². The van der Waals surface area contributed by atoms with E-state index in [0.717, 1.165) is 11.1 Å². The first-order valence-electron chi connectivity index (χ1n) is 18.4. The smallest absolute Gasteiger partial charge is 0.338 e. The molecular formula is C41H56O12Si. The van der Waals surface area contributed by atoms with Gasteiger partial charge in [-0.15, -0.1) is 0 Å². The van der Waals surface area contributed by atoms with Crippen LogP contribution >= 0.6 is 0 Å². The molecule has 5 rings (SSSR count). The average Bonchev–Trinajstić information content (AvgIpc) is 3.16. The number of hydrogen-bond acceptors (Lipinski definition) is 12. The Bertz CT molecular complexity index is 1560. The van der Waals surface area contributed by atoms with E-state index in [4.69, 9.17) is 42.3 Å². The third-order valence-electron chi connectivity index (χ3n) is 10.4. The second kappa shape index (κ2) is 19.2. The zero-order chi connectivity index (χ0) is 38.9. The molecule has 0 aliphatic carbocycles. The van der Waals surface area contributed by atoms with Crippen molar-refractivity contribution < 1.29 is 57.3 Å². The maximum atomic E-state index is 13.5. The summed E-state index contributed by atoms with van der Waals surface area (Å²) >= 11 is 0. The first-order chi connectivity index (χ1) is 25.8. The van der Waals surface area contributed by atoms with E-state index in [0.29, 0.717) is 5.56 Å². The van der Waals surface area contributed by atoms with Crippen LogP contribution in [0, 0.1) is 0 Å². The lowest BCUT2D eigenvalue weighted by atomic mass is 9.96. The van der Waals surface area contributed by atoms with Gasteiger partial charge in [0, 0.05) is 14.2 Å². The third kappa shape index (κ3) is 10.6. The predicted octanol–water partition coefficient (Wildman–Crippen LogP) is 5.25. The maximum Gasteiger partial charge on any atom is 0.338 e. The van der Waals surface area contributed by atoms with Crippen molar-refractivity contribution in [2.24, 2.45) is 0 Å². The molecule has 296 valence electrons. The maximum absolute atomic E-state index is 13.5. The highest BCUT2D eigenvalue weighted by molar-refractivity contribution is 6.74. The van der Waals surface area contributed by atoms with E-state index < -0.39 is 75.7 Å². The van der Waals surface area contributed by atoms with E-state index in [2.05, 4.69) is 33.9 Å². The summed E-state index contributed by atoms with van der Waals surface area (Å²) in [5.41, 5.74) is 2.13. The molecule has 2 heterocycles. The number of carbonyl (C=O) groups excluding carboxylic acids is 1. The largest absolute Gasteiger partial charge is 0.450 e. The molecule has 2 aliphatic heterocycles. The number of rotatable bonds is 16. The summed E-state index contributed by atoms with van der Waals surface area (Å²) in [6.45, 7) is 11.1. The summed E-state index contributed by atoms with van der Waals surface area (Å²) in [6, 6.07) is 27.7. The zero-order valence-electron chi connectivity index (χ0n) is 32.2. The fourth-order valence-corrected chi connectivity index (χ4v) is 7.25. The van der Waals surface area contributed by atoms with Gasteiger partial charge in [0.1, 0.15) is 42.7 Å². The van der Waals surface area contributed by atoms with Gasteiger partial charge in [-0.1, -0.05) is 99.6 Å². The van der Waals surface area contributed by atoms with Crippen LogP contribution in [0.4, 0.5) is 0 Å². The van der Waals surface area contributed by atoms with Crippen molar-refractivity contribution in [3.8, 4) is 0 Å². The molecule has 54 heavy (non-hydrogen) atoms. The fraction of sp³-hybridized carbons (Fsp3) is 0.537. The zero-order valence-corrected chi connectivity index (χ0v) is 33.2. The molecule has 10 atom stereocenters. The fourth-order valence-electron chi connectivity index (χ4n) is 6.24. The summed E-state index contributed by atoms with van der Waals surface area (Å²) in [5.74, 6) is -0.659. The lowest BCUT2D eigenvalue weighted by Gasteiger charge is -2.48. The van der Waals surface area contributed by atoms with Gasteiger partial charge in [0.2, 0.25) is 0 Å². The number of aliphatic hydroxyl groups is 2.